The predicted octanol–water partition coefficient (Wildman–Crippen LogP) is 5.13. The highest BCUT2D eigenvalue weighted by atomic mass is 16.5. The van der Waals surface area contributed by atoms with Gasteiger partial charge in [0.2, 0.25) is 0 Å². The van der Waals surface area contributed by atoms with E-state index in [-0.39, 0.29) is 5.41 Å². The maximum atomic E-state index is 9.47. The summed E-state index contributed by atoms with van der Waals surface area (Å²) in [5.74, 6) is 4.55. The first-order valence-electron chi connectivity index (χ1n) is 15.1. The molecule has 0 aromatic rings. The third-order valence-electron chi connectivity index (χ3n) is 11.6. The first-order valence-corrected chi connectivity index (χ1v) is 15.1. The Morgan fingerprint density at radius 2 is 1.63 bits per heavy atom. The Morgan fingerprint density at radius 3 is 2.34 bits per heavy atom. The molecule has 4 saturated carbocycles. The van der Waals surface area contributed by atoms with Crippen LogP contribution in [0.15, 0.2) is 0 Å². The van der Waals surface area contributed by atoms with Gasteiger partial charge in [-0.2, -0.15) is 0 Å². The molecule has 0 spiro atoms. The van der Waals surface area contributed by atoms with Crippen LogP contribution in [-0.2, 0) is 9.47 Å². The average molecular weight is 493 g/mol. The van der Waals surface area contributed by atoms with E-state index in [4.69, 9.17) is 20.9 Å². The van der Waals surface area contributed by atoms with Crippen molar-refractivity contribution in [1.82, 2.24) is 0 Å². The summed E-state index contributed by atoms with van der Waals surface area (Å²) in [5.41, 5.74) is 12.2. The van der Waals surface area contributed by atoms with Crippen LogP contribution in [0.5, 0.6) is 0 Å². The standard InChI is InChI=1S/C30H56N2O3/c1-21(7-4-16-33)25-10-11-26-24-9-8-22-19-23(34-17-5-14-31)12-13-29(22,2)27(24)20-28(30(25,26)3)35-18-6-15-32/h21-28,33H,4-20,31-32H2,1-3H3/t21-,22?,23-,24?,25?,26+,27+,28+,29+,30?/m1/s1. The molecule has 0 radical (unpaired) electrons. The highest BCUT2D eigenvalue weighted by Crippen LogP contribution is 2.69. The molecule has 4 fully saturated rings. The monoisotopic (exact) mass is 492 g/mol. The van der Waals surface area contributed by atoms with Gasteiger partial charge in [0.25, 0.3) is 0 Å². The first-order chi connectivity index (χ1) is 16.9. The molecule has 0 amide bonds. The van der Waals surface area contributed by atoms with Crippen molar-refractivity contribution < 1.29 is 14.6 Å². The zero-order valence-corrected chi connectivity index (χ0v) is 23.1. The number of fused-ring (bicyclic) bond motifs is 5. The molecule has 5 N–H and O–H groups in total. The van der Waals surface area contributed by atoms with Gasteiger partial charge in [0, 0.05) is 19.8 Å². The Balaban J connectivity index is 1.53. The highest BCUT2D eigenvalue weighted by molar-refractivity contribution is 5.13. The Bertz CT molecular complexity index is 662. The van der Waals surface area contributed by atoms with Crippen LogP contribution in [0.4, 0.5) is 0 Å². The Morgan fingerprint density at radius 1 is 0.886 bits per heavy atom. The molecular weight excluding hydrogens is 436 g/mol. The third kappa shape index (κ3) is 5.37. The van der Waals surface area contributed by atoms with Crippen LogP contribution in [0.2, 0.25) is 0 Å². The predicted molar refractivity (Wildman–Crippen MR) is 143 cm³/mol. The van der Waals surface area contributed by atoms with Crippen molar-refractivity contribution in [2.24, 2.45) is 57.8 Å². The van der Waals surface area contributed by atoms with Gasteiger partial charge in [-0.15, -0.1) is 0 Å². The molecule has 204 valence electrons. The second-order valence-electron chi connectivity index (χ2n) is 13.2. The molecule has 0 heterocycles. The van der Waals surface area contributed by atoms with Gasteiger partial charge in [-0.1, -0.05) is 20.8 Å². The highest BCUT2D eigenvalue weighted by Gasteiger charge is 2.64. The molecule has 4 rings (SSSR count). The SMILES string of the molecule is C[C@H](CCCO)C1CC[C@H]2C3CCC4C[C@H](OCCCN)CC[C@]4(C)[C@H]3C[C@H](OCCCN)C12C. The van der Waals surface area contributed by atoms with Crippen LogP contribution in [0.25, 0.3) is 0 Å². The van der Waals surface area contributed by atoms with Crippen molar-refractivity contribution >= 4 is 0 Å². The molecule has 0 bridgehead atoms. The van der Waals surface area contributed by atoms with Crippen LogP contribution in [0.3, 0.4) is 0 Å². The fraction of sp³-hybridized carbons (Fsp3) is 1.00. The number of nitrogens with two attached hydrogens (primary N) is 2. The number of aliphatic hydroxyl groups excluding tert-OH is 1. The van der Waals surface area contributed by atoms with Gasteiger partial charge in [0.05, 0.1) is 12.2 Å². The van der Waals surface area contributed by atoms with Gasteiger partial charge in [0.1, 0.15) is 0 Å². The summed E-state index contributed by atoms with van der Waals surface area (Å²) in [6, 6.07) is 0. The number of hydrogen-bond acceptors (Lipinski definition) is 5. The maximum Gasteiger partial charge on any atom is 0.0637 e. The second kappa shape index (κ2) is 12.1. The Kier molecular flexibility index (Phi) is 9.63. The molecule has 4 aliphatic carbocycles. The lowest BCUT2D eigenvalue weighted by atomic mass is 9.43. The van der Waals surface area contributed by atoms with Gasteiger partial charge in [0.15, 0.2) is 0 Å². The number of rotatable bonds is 12. The second-order valence-corrected chi connectivity index (χ2v) is 13.2. The van der Waals surface area contributed by atoms with Crippen LogP contribution in [0.1, 0.15) is 97.8 Å². The number of hydrogen-bond donors (Lipinski definition) is 3. The molecule has 10 atom stereocenters. The van der Waals surface area contributed by atoms with E-state index in [1.807, 2.05) is 0 Å². The Labute approximate surface area is 215 Å². The van der Waals surface area contributed by atoms with Crippen molar-refractivity contribution in [3.05, 3.63) is 0 Å². The largest absolute Gasteiger partial charge is 0.396 e. The zero-order chi connectivity index (χ0) is 25.1. The summed E-state index contributed by atoms with van der Waals surface area (Å²) in [6.07, 6.45) is 15.3. The van der Waals surface area contributed by atoms with E-state index in [1.54, 1.807) is 0 Å². The van der Waals surface area contributed by atoms with E-state index in [0.717, 1.165) is 69.1 Å². The molecule has 4 unspecified atom stereocenters. The van der Waals surface area contributed by atoms with Gasteiger partial charge >= 0.3 is 0 Å². The summed E-state index contributed by atoms with van der Waals surface area (Å²) in [5, 5.41) is 9.47. The smallest absolute Gasteiger partial charge is 0.0637 e. The van der Waals surface area contributed by atoms with Crippen LogP contribution < -0.4 is 11.5 Å². The van der Waals surface area contributed by atoms with Crippen LogP contribution in [-0.4, -0.2) is 50.2 Å². The van der Waals surface area contributed by atoms with Gasteiger partial charge in [-0.05, 0) is 136 Å². The molecule has 0 saturated heterocycles. The van der Waals surface area contributed by atoms with E-state index in [2.05, 4.69) is 20.8 Å². The van der Waals surface area contributed by atoms with E-state index in [0.29, 0.717) is 42.6 Å². The molecule has 35 heavy (non-hydrogen) atoms. The summed E-state index contributed by atoms with van der Waals surface area (Å²) >= 11 is 0. The third-order valence-corrected chi connectivity index (χ3v) is 11.6. The minimum Gasteiger partial charge on any atom is -0.396 e. The minimum atomic E-state index is 0.260. The van der Waals surface area contributed by atoms with E-state index >= 15 is 0 Å². The van der Waals surface area contributed by atoms with Crippen molar-refractivity contribution in [2.75, 3.05) is 32.9 Å². The van der Waals surface area contributed by atoms with Crippen molar-refractivity contribution in [2.45, 2.75) is 110 Å². The minimum absolute atomic E-state index is 0.260. The quantitative estimate of drug-likeness (QED) is 0.329. The average Bonchev–Trinajstić information content (AvgIpc) is 3.21. The number of aliphatic hydroxyl groups is 1. The van der Waals surface area contributed by atoms with Crippen molar-refractivity contribution in [1.29, 1.82) is 0 Å². The first kappa shape index (κ1) is 27.8. The van der Waals surface area contributed by atoms with Gasteiger partial charge in [-0.25, -0.2) is 0 Å². The van der Waals surface area contributed by atoms with Gasteiger partial charge < -0.3 is 26.0 Å². The molecule has 5 nitrogen and oxygen atoms in total. The van der Waals surface area contributed by atoms with Crippen molar-refractivity contribution in [3.63, 3.8) is 0 Å². The summed E-state index contributed by atoms with van der Waals surface area (Å²) in [6.45, 7) is 11.1. The van der Waals surface area contributed by atoms with Crippen LogP contribution >= 0.6 is 0 Å². The molecule has 5 heteroatoms. The topological polar surface area (TPSA) is 90.7 Å². The number of ether oxygens (including phenoxy) is 2. The fourth-order valence-corrected chi connectivity index (χ4v) is 9.77. The fourth-order valence-electron chi connectivity index (χ4n) is 9.77. The van der Waals surface area contributed by atoms with Crippen molar-refractivity contribution in [3.8, 4) is 0 Å². The lowest BCUT2D eigenvalue weighted by molar-refractivity contribution is -0.192. The normalized spacial score (nSPS) is 43.9. The van der Waals surface area contributed by atoms with Gasteiger partial charge in [-0.3, -0.25) is 0 Å². The lowest BCUT2D eigenvalue weighted by Gasteiger charge is -2.63. The molecule has 0 aromatic heterocycles. The zero-order valence-electron chi connectivity index (χ0n) is 23.1. The molecule has 4 aliphatic rings. The summed E-state index contributed by atoms with van der Waals surface area (Å²) in [4.78, 5) is 0. The maximum absolute atomic E-state index is 9.47. The molecular formula is C30H56N2O3. The van der Waals surface area contributed by atoms with E-state index in [9.17, 15) is 5.11 Å². The van der Waals surface area contributed by atoms with E-state index < -0.39 is 0 Å². The summed E-state index contributed by atoms with van der Waals surface area (Å²) < 4.78 is 13.1. The molecule has 0 aromatic carbocycles. The Hall–Kier alpha value is -0.200. The van der Waals surface area contributed by atoms with Crippen LogP contribution in [0, 0.1) is 46.3 Å². The lowest BCUT2D eigenvalue weighted by Crippen LogP contribution is -2.59. The molecule has 0 aliphatic heterocycles. The van der Waals surface area contributed by atoms with E-state index in [1.165, 1.54) is 51.4 Å². The summed E-state index contributed by atoms with van der Waals surface area (Å²) in [7, 11) is 0.